The Labute approximate surface area is 127 Å². The predicted octanol–water partition coefficient (Wildman–Crippen LogP) is 4.19. The van der Waals surface area contributed by atoms with Gasteiger partial charge in [0.25, 0.3) is 0 Å². The lowest BCUT2D eigenvalue weighted by Crippen LogP contribution is -2.14. The summed E-state index contributed by atoms with van der Waals surface area (Å²) in [5, 5.41) is 12.4. The summed E-state index contributed by atoms with van der Waals surface area (Å²) in [7, 11) is 0. The molecule has 0 bridgehead atoms. The average Bonchev–Trinajstić information content (AvgIpc) is 2.35. The molecule has 0 heterocycles. The van der Waals surface area contributed by atoms with E-state index < -0.39 is 0 Å². The van der Waals surface area contributed by atoms with E-state index in [1.54, 1.807) is 0 Å². The van der Waals surface area contributed by atoms with Gasteiger partial charge in [-0.15, -0.1) is 0 Å². The van der Waals surface area contributed by atoms with Crippen molar-refractivity contribution in [1.82, 2.24) is 0 Å². The number of benzene rings is 2. The molecule has 20 heavy (non-hydrogen) atoms. The Morgan fingerprint density at radius 2 is 1.85 bits per heavy atom. The summed E-state index contributed by atoms with van der Waals surface area (Å²) in [4.78, 5) is 11.9. The van der Waals surface area contributed by atoms with Gasteiger partial charge in [-0.3, -0.25) is 4.79 Å². The molecule has 0 saturated carbocycles. The summed E-state index contributed by atoms with van der Waals surface area (Å²) >= 11 is 11.6. The number of phenols is 1. The quantitative estimate of drug-likeness (QED) is 0.835. The monoisotopic (exact) mass is 309 g/mol. The van der Waals surface area contributed by atoms with Crippen LogP contribution in [0.3, 0.4) is 0 Å². The molecule has 1 amide bonds. The Kier molecular flexibility index (Phi) is 4.53. The Bertz CT molecular complexity index is 633. The van der Waals surface area contributed by atoms with Gasteiger partial charge in [-0.1, -0.05) is 53.0 Å². The summed E-state index contributed by atoms with van der Waals surface area (Å²) < 4.78 is 0. The van der Waals surface area contributed by atoms with Crippen LogP contribution in [-0.4, -0.2) is 11.0 Å². The molecular weight excluding hydrogens is 297 g/mol. The van der Waals surface area contributed by atoms with Crippen LogP contribution in [0.5, 0.6) is 5.75 Å². The number of nitrogens with one attached hydrogen (secondary N) is 1. The molecule has 0 aliphatic carbocycles. The normalized spacial score (nSPS) is 10.3. The lowest BCUT2D eigenvalue weighted by molar-refractivity contribution is -0.115. The molecule has 2 aromatic rings. The number of amides is 1. The number of hydrogen-bond donors (Lipinski definition) is 2. The van der Waals surface area contributed by atoms with Gasteiger partial charge in [0.2, 0.25) is 5.91 Å². The second kappa shape index (κ2) is 6.16. The Balaban J connectivity index is 2.09. The van der Waals surface area contributed by atoms with Crippen LogP contribution in [0.2, 0.25) is 10.0 Å². The molecule has 0 unspecified atom stereocenters. The van der Waals surface area contributed by atoms with Crippen LogP contribution >= 0.6 is 23.2 Å². The minimum absolute atomic E-state index is 0.100. The van der Waals surface area contributed by atoms with Gasteiger partial charge in [0, 0.05) is 5.69 Å². The number of aromatic hydroxyl groups is 1. The number of carbonyl (C=O) groups excluding carboxylic acids is 1. The number of aryl methyl sites for hydroxylation is 1. The van der Waals surface area contributed by atoms with Gasteiger partial charge in [0.15, 0.2) is 5.75 Å². The number of rotatable bonds is 3. The third-order valence-corrected chi connectivity index (χ3v) is 3.32. The van der Waals surface area contributed by atoms with E-state index in [1.165, 1.54) is 12.1 Å². The maximum atomic E-state index is 11.9. The molecule has 0 aliphatic heterocycles. The second-order valence-corrected chi connectivity index (χ2v) is 5.32. The van der Waals surface area contributed by atoms with E-state index in [-0.39, 0.29) is 28.1 Å². The third kappa shape index (κ3) is 3.65. The van der Waals surface area contributed by atoms with Gasteiger partial charge in [0.1, 0.15) is 0 Å². The van der Waals surface area contributed by atoms with E-state index in [1.807, 2.05) is 31.2 Å². The van der Waals surface area contributed by atoms with E-state index in [2.05, 4.69) is 5.32 Å². The van der Waals surface area contributed by atoms with Crippen LogP contribution in [0.4, 0.5) is 5.69 Å². The number of anilines is 1. The van der Waals surface area contributed by atoms with Crippen LogP contribution in [0.25, 0.3) is 0 Å². The highest BCUT2D eigenvalue weighted by molar-refractivity contribution is 6.37. The summed E-state index contributed by atoms with van der Waals surface area (Å²) in [5.41, 5.74) is 2.49. The molecule has 0 radical (unpaired) electrons. The zero-order valence-electron chi connectivity index (χ0n) is 10.8. The lowest BCUT2D eigenvalue weighted by atomic mass is 10.1. The molecule has 2 N–H and O–H groups in total. The number of halogens is 2. The van der Waals surface area contributed by atoms with Crippen molar-refractivity contribution in [2.24, 2.45) is 0 Å². The minimum atomic E-state index is -0.190. The number of carbonyl (C=O) groups is 1. The van der Waals surface area contributed by atoms with E-state index in [4.69, 9.17) is 23.2 Å². The van der Waals surface area contributed by atoms with Gasteiger partial charge in [0.05, 0.1) is 16.5 Å². The van der Waals surface area contributed by atoms with Gasteiger partial charge >= 0.3 is 0 Å². The fourth-order valence-electron chi connectivity index (χ4n) is 1.85. The fraction of sp³-hybridized carbons (Fsp3) is 0.133. The maximum absolute atomic E-state index is 11.9. The zero-order chi connectivity index (χ0) is 14.7. The first-order valence-electron chi connectivity index (χ1n) is 5.99. The maximum Gasteiger partial charge on any atom is 0.228 e. The van der Waals surface area contributed by atoms with Crippen molar-refractivity contribution in [2.75, 3.05) is 5.32 Å². The highest BCUT2D eigenvalue weighted by Crippen LogP contribution is 2.34. The molecule has 0 fully saturated rings. The van der Waals surface area contributed by atoms with Crippen LogP contribution in [-0.2, 0) is 11.2 Å². The van der Waals surface area contributed by atoms with Crippen LogP contribution in [0.15, 0.2) is 36.4 Å². The Hall–Kier alpha value is -1.71. The molecule has 0 saturated heterocycles. The molecule has 2 rings (SSSR count). The largest absolute Gasteiger partial charge is 0.505 e. The van der Waals surface area contributed by atoms with Crippen molar-refractivity contribution in [1.29, 1.82) is 0 Å². The first kappa shape index (κ1) is 14.7. The third-order valence-electron chi connectivity index (χ3n) is 2.75. The molecule has 0 atom stereocenters. The summed E-state index contributed by atoms with van der Waals surface area (Å²) in [6.45, 7) is 1.97. The molecule has 0 aliphatic rings. The molecule has 104 valence electrons. The topological polar surface area (TPSA) is 49.3 Å². The smallest absolute Gasteiger partial charge is 0.228 e. The van der Waals surface area contributed by atoms with E-state index in [0.29, 0.717) is 5.69 Å². The summed E-state index contributed by atoms with van der Waals surface area (Å²) in [6.07, 6.45) is 0.262. The van der Waals surface area contributed by atoms with Crippen molar-refractivity contribution < 1.29 is 9.90 Å². The van der Waals surface area contributed by atoms with Crippen LogP contribution in [0.1, 0.15) is 11.1 Å². The molecule has 3 nitrogen and oxygen atoms in total. The zero-order valence-corrected chi connectivity index (χ0v) is 12.3. The highest BCUT2D eigenvalue weighted by atomic mass is 35.5. The fourth-order valence-corrected chi connectivity index (χ4v) is 2.34. The van der Waals surface area contributed by atoms with E-state index in [9.17, 15) is 9.90 Å². The molecule has 5 heteroatoms. The first-order chi connectivity index (χ1) is 9.45. The predicted molar refractivity (Wildman–Crippen MR) is 81.6 cm³/mol. The minimum Gasteiger partial charge on any atom is -0.505 e. The van der Waals surface area contributed by atoms with Gasteiger partial charge in [-0.05, 0) is 24.6 Å². The SMILES string of the molecule is Cc1cccc(CC(=O)Nc2cc(Cl)c(O)c(Cl)c2)c1. The Morgan fingerprint density at radius 3 is 2.45 bits per heavy atom. The molecule has 0 aromatic heterocycles. The van der Waals surface area contributed by atoms with Crippen molar-refractivity contribution in [3.8, 4) is 5.75 Å². The van der Waals surface area contributed by atoms with Crippen molar-refractivity contribution >= 4 is 34.8 Å². The summed E-state index contributed by atoms with van der Waals surface area (Å²) in [5.74, 6) is -0.363. The van der Waals surface area contributed by atoms with Gasteiger partial charge in [-0.25, -0.2) is 0 Å². The van der Waals surface area contributed by atoms with E-state index in [0.717, 1.165) is 11.1 Å². The van der Waals surface area contributed by atoms with E-state index >= 15 is 0 Å². The van der Waals surface area contributed by atoms with Gasteiger partial charge in [-0.2, -0.15) is 0 Å². The Morgan fingerprint density at radius 1 is 1.20 bits per heavy atom. The van der Waals surface area contributed by atoms with Crippen molar-refractivity contribution in [2.45, 2.75) is 13.3 Å². The average molecular weight is 310 g/mol. The van der Waals surface area contributed by atoms with Crippen LogP contribution in [0, 0.1) is 6.92 Å². The molecule has 0 spiro atoms. The van der Waals surface area contributed by atoms with Crippen molar-refractivity contribution in [3.05, 3.63) is 57.6 Å². The van der Waals surface area contributed by atoms with Gasteiger partial charge < -0.3 is 10.4 Å². The highest BCUT2D eigenvalue weighted by Gasteiger charge is 2.09. The van der Waals surface area contributed by atoms with Crippen LogP contribution < -0.4 is 5.32 Å². The van der Waals surface area contributed by atoms with Crippen molar-refractivity contribution in [3.63, 3.8) is 0 Å². The number of phenolic OH excluding ortho intramolecular Hbond substituents is 1. The standard InChI is InChI=1S/C15H13Cl2NO2/c1-9-3-2-4-10(5-9)6-14(19)18-11-7-12(16)15(20)13(17)8-11/h2-5,7-8,20H,6H2,1H3,(H,18,19). The number of hydrogen-bond acceptors (Lipinski definition) is 2. The molecular formula is C15H13Cl2NO2. The first-order valence-corrected chi connectivity index (χ1v) is 6.74. The second-order valence-electron chi connectivity index (χ2n) is 4.50. The lowest BCUT2D eigenvalue weighted by Gasteiger charge is -2.08. The summed E-state index contributed by atoms with van der Waals surface area (Å²) in [6, 6.07) is 10.6. The molecule has 2 aromatic carbocycles.